The molecule has 204 valence electrons. The Balaban J connectivity index is 0.000000874. The number of hydrogen-bond acceptors (Lipinski definition) is 4. The van der Waals surface area contributed by atoms with Crippen LogP contribution >= 0.6 is 0 Å². The van der Waals surface area contributed by atoms with Gasteiger partial charge in [0.25, 0.3) is 5.91 Å². The van der Waals surface area contributed by atoms with Gasteiger partial charge in [-0.05, 0) is 54.5 Å². The summed E-state index contributed by atoms with van der Waals surface area (Å²) >= 11 is 0. The number of nitrogens with zero attached hydrogens (tertiary/aromatic N) is 5. The molecule has 0 aliphatic carbocycles. The number of carbonyl (C=O) groups is 1. The molecular weight excluding hydrogens is 484 g/mol. The van der Waals surface area contributed by atoms with Crippen molar-refractivity contribution in [2.24, 2.45) is 0 Å². The number of anilines is 1. The third-order valence-electron chi connectivity index (χ3n) is 4.64. The number of imidazole rings is 2. The van der Waals surface area contributed by atoms with Gasteiger partial charge in [0.2, 0.25) is 0 Å². The molecule has 5 rings (SSSR count). The zero-order valence-electron chi connectivity index (χ0n) is 24.3. The van der Waals surface area contributed by atoms with Crippen LogP contribution in [0.2, 0.25) is 0 Å². The zero-order valence-corrected chi connectivity index (χ0v) is 24.3. The molecular formula is C32H40N6O. The highest BCUT2D eigenvalue weighted by Crippen LogP contribution is 2.16. The van der Waals surface area contributed by atoms with E-state index in [9.17, 15) is 4.79 Å². The highest BCUT2D eigenvalue weighted by atomic mass is 16.1. The zero-order chi connectivity index (χ0) is 29.0. The lowest BCUT2D eigenvalue weighted by atomic mass is 10.1. The number of rotatable bonds is 3. The fraction of sp³-hybridized carbons (Fsp3) is 0.250. The fourth-order valence-corrected chi connectivity index (χ4v) is 3.15. The van der Waals surface area contributed by atoms with Gasteiger partial charge >= 0.3 is 0 Å². The highest BCUT2D eigenvalue weighted by Gasteiger charge is 2.08. The topological polar surface area (TPSA) is 77.1 Å². The first kappa shape index (κ1) is 32.3. The van der Waals surface area contributed by atoms with Gasteiger partial charge in [-0.15, -0.1) is 0 Å². The van der Waals surface area contributed by atoms with Crippen LogP contribution < -0.4 is 5.32 Å². The normalized spacial score (nSPS) is 8.92. The second kappa shape index (κ2) is 18.5. The van der Waals surface area contributed by atoms with Crippen molar-refractivity contribution in [3.05, 3.63) is 109 Å². The molecule has 0 bridgehead atoms. The van der Waals surface area contributed by atoms with E-state index in [2.05, 4.69) is 32.2 Å². The second-order valence-electron chi connectivity index (χ2n) is 6.74. The van der Waals surface area contributed by atoms with E-state index in [1.807, 2.05) is 115 Å². The maximum Gasteiger partial charge on any atom is 0.255 e. The predicted octanol–water partition coefficient (Wildman–Crippen LogP) is 7.67. The maximum absolute atomic E-state index is 12.8. The average Bonchev–Trinajstić information content (AvgIpc) is 3.71. The molecule has 1 N–H and O–H groups in total. The molecule has 3 heterocycles. The van der Waals surface area contributed by atoms with Crippen LogP contribution in [0.15, 0.2) is 91.8 Å². The molecule has 7 nitrogen and oxygen atoms in total. The van der Waals surface area contributed by atoms with Crippen molar-refractivity contribution >= 4 is 17.2 Å². The molecule has 0 unspecified atom stereocenters. The van der Waals surface area contributed by atoms with E-state index in [4.69, 9.17) is 0 Å². The van der Waals surface area contributed by atoms with Crippen LogP contribution in [-0.2, 0) is 0 Å². The Labute approximate surface area is 233 Å². The quantitative estimate of drug-likeness (QED) is 0.246. The van der Waals surface area contributed by atoms with Gasteiger partial charge in [-0.3, -0.25) is 4.79 Å². The monoisotopic (exact) mass is 524 g/mol. The van der Waals surface area contributed by atoms with Crippen LogP contribution in [0, 0.1) is 11.8 Å². The lowest BCUT2D eigenvalue weighted by Gasteiger charge is -2.08. The minimum Gasteiger partial charge on any atom is -0.322 e. The van der Waals surface area contributed by atoms with Crippen molar-refractivity contribution < 1.29 is 4.79 Å². The predicted molar refractivity (Wildman–Crippen MR) is 162 cm³/mol. The molecule has 0 aliphatic rings. The number of carbonyl (C=O) groups excluding carboxylic acids is 1. The first-order valence-corrected chi connectivity index (χ1v) is 13.6. The van der Waals surface area contributed by atoms with Crippen LogP contribution in [0.1, 0.15) is 77.0 Å². The minimum atomic E-state index is -0.206. The van der Waals surface area contributed by atoms with Gasteiger partial charge in [0.05, 0.1) is 12.5 Å². The van der Waals surface area contributed by atoms with Gasteiger partial charge in [-0.2, -0.15) is 5.10 Å². The molecule has 39 heavy (non-hydrogen) atoms. The summed E-state index contributed by atoms with van der Waals surface area (Å²) in [5.74, 6) is 5.95. The fourth-order valence-electron chi connectivity index (χ4n) is 3.15. The van der Waals surface area contributed by atoms with E-state index in [0.717, 1.165) is 16.9 Å². The summed E-state index contributed by atoms with van der Waals surface area (Å²) in [6, 6.07) is 18.5. The van der Waals surface area contributed by atoms with Crippen molar-refractivity contribution in [2.45, 2.75) is 55.4 Å². The van der Waals surface area contributed by atoms with Gasteiger partial charge < -0.3 is 9.88 Å². The molecule has 5 aromatic rings. The van der Waals surface area contributed by atoms with Gasteiger partial charge in [-0.1, -0.05) is 73.4 Å². The minimum absolute atomic E-state index is 0.206. The maximum atomic E-state index is 12.8. The van der Waals surface area contributed by atoms with E-state index < -0.39 is 0 Å². The first-order chi connectivity index (χ1) is 19.3. The highest BCUT2D eigenvalue weighted by molar-refractivity contribution is 6.04. The summed E-state index contributed by atoms with van der Waals surface area (Å²) in [5.41, 5.74) is 4.28. The third-order valence-corrected chi connectivity index (χ3v) is 4.64. The summed E-state index contributed by atoms with van der Waals surface area (Å²) < 4.78 is 3.55. The Morgan fingerprint density at radius 3 is 2.28 bits per heavy atom. The Kier molecular flexibility index (Phi) is 15.4. The molecule has 0 atom stereocenters. The second-order valence-corrected chi connectivity index (χ2v) is 6.74. The molecule has 3 aromatic heterocycles. The summed E-state index contributed by atoms with van der Waals surface area (Å²) in [7, 11) is 0. The summed E-state index contributed by atoms with van der Waals surface area (Å²) in [6.07, 6.45) is 8.64. The smallest absolute Gasteiger partial charge is 0.255 e. The van der Waals surface area contributed by atoms with Crippen molar-refractivity contribution in [2.75, 3.05) is 5.32 Å². The summed E-state index contributed by atoms with van der Waals surface area (Å²) in [4.78, 5) is 21.1. The number of nitrogens with one attached hydrogen (secondary N) is 1. The van der Waals surface area contributed by atoms with Crippen molar-refractivity contribution in [3.8, 4) is 17.5 Å². The Morgan fingerprint density at radius 2 is 1.56 bits per heavy atom. The number of amides is 1. The Morgan fingerprint density at radius 1 is 0.821 bits per heavy atom. The molecule has 0 spiro atoms. The number of hydrogen-bond donors (Lipinski definition) is 1. The van der Waals surface area contributed by atoms with E-state index in [0.29, 0.717) is 16.9 Å². The third kappa shape index (κ3) is 9.28. The van der Waals surface area contributed by atoms with Gasteiger partial charge in [-0.25, -0.2) is 14.5 Å². The van der Waals surface area contributed by atoms with Crippen LogP contribution in [0.3, 0.4) is 0 Å². The molecule has 1 amide bonds. The molecule has 0 radical (unpaired) electrons. The van der Waals surface area contributed by atoms with Crippen molar-refractivity contribution in [1.29, 1.82) is 0 Å². The van der Waals surface area contributed by atoms with E-state index in [-0.39, 0.29) is 5.91 Å². The molecule has 0 aliphatic heterocycles. The SMILES string of the molecule is CC.CC.CC.CC.O=C(Nc1cccc(-n2ccnc2)c1)c1cccc(C#Cc2cnc3cccnn23)c1. The van der Waals surface area contributed by atoms with E-state index >= 15 is 0 Å². The Bertz CT molecular complexity index is 1440. The van der Waals surface area contributed by atoms with Crippen molar-refractivity contribution in [3.63, 3.8) is 0 Å². The molecule has 7 heteroatoms. The van der Waals surface area contributed by atoms with Crippen LogP contribution in [-0.4, -0.2) is 30.1 Å². The number of fused-ring (bicyclic) bond motifs is 1. The number of aromatic nitrogens is 5. The van der Waals surface area contributed by atoms with E-state index in [1.165, 1.54) is 0 Å². The standard InChI is InChI=1S/C24H16N6O.4C2H6/c31-24(28-20-6-2-7-21(15-20)29-13-12-25-17-29)19-5-1-4-18(14-19)9-10-22-16-26-23-8-3-11-27-30(22)23;4*1-2/h1-8,11-17H,(H,28,31);4*1-2H3. The average molecular weight is 525 g/mol. The number of benzene rings is 2. The van der Waals surface area contributed by atoms with Gasteiger partial charge in [0, 0.05) is 41.1 Å². The summed E-state index contributed by atoms with van der Waals surface area (Å²) in [6.45, 7) is 16.0. The molecule has 2 aromatic carbocycles. The van der Waals surface area contributed by atoms with E-state index in [1.54, 1.807) is 41.6 Å². The largest absolute Gasteiger partial charge is 0.322 e. The van der Waals surface area contributed by atoms with Crippen LogP contribution in [0.25, 0.3) is 11.3 Å². The van der Waals surface area contributed by atoms with Crippen LogP contribution in [0.4, 0.5) is 5.69 Å². The van der Waals surface area contributed by atoms with Crippen LogP contribution in [0.5, 0.6) is 0 Å². The lowest BCUT2D eigenvalue weighted by molar-refractivity contribution is 0.102. The van der Waals surface area contributed by atoms with Gasteiger partial charge in [0.1, 0.15) is 5.69 Å². The van der Waals surface area contributed by atoms with Gasteiger partial charge in [0.15, 0.2) is 5.65 Å². The first-order valence-electron chi connectivity index (χ1n) is 13.6. The Hall–Kier alpha value is -4.70. The summed E-state index contributed by atoms with van der Waals surface area (Å²) in [5, 5.41) is 7.19. The van der Waals surface area contributed by atoms with Crippen molar-refractivity contribution in [1.82, 2.24) is 24.1 Å². The molecule has 0 saturated heterocycles. The molecule has 0 saturated carbocycles. The lowest BCUT2D eigenvalue weighted by Crippen LogP contribution is -2.12. The molecule has 0 fully saturated rings.